The number of carboxylic acids is 1. The molecule has 1 N–H and O–H groups in total. The maximum absolute atomic E-state index is 10.8. The topological polar surface area (TPSA) is 72.6 Å². The minimum atomic E-state index is -1.07. The molecule has 0 bridgehead atoms. The quantitative estimate of drug-likeness (QED) is 0.803. The molecule has 2 rings (SSSR count). The number of ether oxygens (including phenoxy) is 1. The molecular formula is C10H13NO4. The molecule has 82 valence electrons. The van der Waals surface area contributed by atoms with E-state index in [9.17, 15) is 4.79 Å². The van der Waals surface area contributed by atoms with Gasteiger partial charge in [0.2, 0.25) is 11.7 Å². The summed E-state index contributed by atoms with van der Waals surface area (Å²) in [5.41, 5.74) is 0.427. The Kier molecular flexibility index (Phi) is 2.48. The summed E-state index contributed by atoms with van der Waals surface area (Å²) in [6.45, 7) is 4.25. The largest absolute Gasteiger partial charge is 0.475 e. The normalized spacial score (nSPS) is 25.7. The molecule has 0 spiro atoms. The summed E-state index contributed by atoms with van der Waals surface area (Å²) in [4.78, 5) is 14.9. The fourth-order valence-corrected chi connectivity index (χ4v) is 1.83. The predicted octanol–water partition coefficient (Wildman–Crippen LogP) is 1.57. The third-order valence-corrected chi connectivity index (χ3v) is 2.70. The summed E-state index contributed by atoms with van der Waals surface area (Å²) in [5, 5.41) is 8.82. The molecular weight excluding hydrogens is 198 g/mol. The Hall–Kier alpha value is -1.36. The number of carboxylic acid groups (broad SMARTS) is 1. The van der Waals surface area contributed by atoms with Crippen LogP contribution in [0.3, 0.4) is 0 Å². The smallest absolute Gasteiger partial charge is 0.373 e. The minimum absolute atomic E-state index is 0.0460. The van der Waals surface area contributed by atoms with Gasteiger partial charge < -0.3 is 14.3 Å². The van der Waals surface area contributed by atoms with Gasteiger partial charge in [-0.05, 0) is 20.3 Å². The number of rotatable bonds is 2. The zero-order valence-corrected chi connectivity index (χ0v) is 8.69. The van der Waals surface area contributed by atoms with Crippen molar-refractivity contribution >= 4 is 5.97 Å². The zero-order chi connectivity index (χ0) is 11.0. The first kappa shape index (κ1) is 10.2. The van der Waals surface area contributed by atoms with Gasteiger partial charge in [-0.15, -0.1) is 0 Å². The molecule has 2 atom stereocenters. The standard InChI is InChI=1S/C10H13NO4/c1-5-8(10(12)13)15-9(11-5)7-3-4-14-6(7)2/h6-7H,3-4H2,1-2H3,(H,12,13)/t6-,7-/m0/s1. The van der Waals surface area contributed by atoms with Crippen molar-refractivity contribution in [1.29, 1.82) is 0 Å². The lowest BCUT2D eigenvalue weighted by Gasteiger charge is -2.08. The summed E-state index contributed by atoms with van der Waals surface area (Å²) in [7, 11) is 0. The summed E-state index contributed by atoms with van der Waals surface area (Å²) < 4.78 is 10.6. The Morgan fingerprint density at radius 1 is 1.60 bits per heavy atom. The number of oxazole rings is 1. The first-order chi connectivity index (χ1) is 7.09. The van der Waals surface area contributed by atoms with Crippen LogP contribution in [0.2, 0.25) is 0 Å². The van der Waals surface area contributed by atoms with Gasteiger partial charge in [0, 0.05) is 6.61 Å². The second-order valence-corrected chi connectivity index (χ2v) is 3.74. The van der Waals surface area contributed by atoms with Gasteiger partial charge in [-0.1, -0.05) is 0 Å². The van der Waals surface area contributed by atoms with Crippen LogP contribution < -0.4 is 0 Å². The van der Waals surface area contributed by atoms with Gasteiger partial charge in [0.1, 0.15) is 0 Å². The maximum Gasteiger partial charge on any atom is 0.373 e. The predicted molar refractivity (Wildman–Crippen MR) is 51.0 cm³/mol. The number of hydrogen-bond donors (Lipinski definition) is 1. The van der Waals surface area contributed by atoms with E-state index in [2.05, 4.69) is 4.98 Å². The summed E-state index contributed by atoms with van der Waals surface area (Å²) in [6.07, 6.45) is 0.880. The molecule has 0 unspecified atom stereocenters. The van der Waals surface area contributed by atoms with Crippen molar-refractivity contribution < 1.29 is 19.1 Å². The summed E-state index contributed by atoms with van der Waals surface area (Å²) >= 11 is 0. The van der Waals surface area contributed by atoms with Crippen LogP contribution in [0.5, 0.6) is 0 Å². The van der Waals surface area contributed by atoms with E-state index in [1.807, 2.05) is 6.92 Å². The molecule has 15 heavy (non-hydrogen) atoms. The van der Waals surface area contributed by atoms with E-state index < -0.39 is 5.97 Å². The van der Waals surface area contributed by atoms with Gasteiger partial charge in [0.15, 0.2) is 0 Å². The number of hydrogen-bond acceptors (Lipinski definition) is 4. The van der Waals surface area contributed by atoms with E-state index in [-0.39, 0.29) is 17.8 Å². The van der Waals surface area contributed by atoms with Crippen molar-refractivity contribution in [2.45, 2.75) is 32.3 Å². The van der Waals surface area contributed by atoms with Crippen LogP contribution in [-0.4, -0.2) is 28.8 Å². The van der Waals surface area contributed by atoms with Crippen molar-refractivity contribution in [3.8, 4) is 0 Å². The van der Waals surface area contributed by atoms with Crippen LogP contribution in [0.25, 0.3) is 0 Å². The number of carbonyl (C=O) groups is 1. The highest BCUT2D eigenvalue weighted by Crippen LogP contribution is 2.31. The van der Waals surface area contributed by atoms with Gasteiger partial charge in [-0.3, -0.25) is 0 Å². The van der Waals surface area contributed by atoms with Crippen LogP contribution in [0, 0.1) is 6.92 Å². The van der Waals surface area contributed by atoms with Crippen molar-refractivity contribution in [3.05, 3.63) is 17.3 Å². The molecule has 0 saturated carbocycles. The Balaban J connectivity index is 2.29. The van der Waals surface area contributed by atoms with Crippen molar-refractivity contribution in [2.75, 3.05) is 6.61 Å². The van der Waals surface area contributed by atoms with Gasteiger partial charge in [0.05, 0.1) is 17.7 Å². The second-order valence-electron chi connectivity index (χ2n) is 3.74. The number of nitrogens with zero attached hydrogens (tertiary/aromatic N) is 1. The zero-order valence-electron chi connectivity index (χ0n) is 8.69. The van der Waals surface area contributed by atoms with Gasteiger partial charge >= 0.3 is 5.97 Å². The van der Waals surface area contributed by atoms with E-state index in [0.717, 1.165) is 6.42 Å². The fourth-order valence-electron chi connectivity index (χ4n) is 1.83. The van der Waals surface area contributed by atoms with Crippen molar-refractivity contribution in [2.24, 2.45) is 0 Å². The Morgan fingerprint density at radius 3 is 2.80 bits per heavy atom. The third kappa shape index (κ3) is 1.74. The van der Waals surface area contributed by atoms with Crippen LogP contribution in [-0.2, 0) is 4.74 Å². The molecule has 1 aliphatic rings. The molecule has 0 amide bonds. The molecule has 1 aliphatic heterocycles. The van der Waals surface area contributed by atoms with Gasteiger partial charge in [-0.2, -0.15) is 0 Å². The summed E-state index contributed by atoms with van der Waals surface area (Å²) in [5.74, 6) is -0.575. The molecule has 0 aliphatic carbocycles. The highest BCUT2D eigenvalue weighted by atomic mass is 16.5. The summed E-state index contributed by atoms with van der Waals surface area (Å²) in [6, 6.07) is 0. The maximum atomic E-state index is 10.8. The lowest BCUT2D eigenvalue weighted by molar-refractivity contribution is 0.0655. The van der Waals surface area contributed by atoms with Crippen LogP contribution in [0.15, 0.2) is 4.42 Å². The monoisotopic (exact) mass is 211 g/mol. The van der Waals surface area contributed by atoms with E-state index in [1.54, 1.807) is 6.92 Å². The highest BCUT2D eigenvalue weighted by Gasteiger charge is 2.31. The lowest BCUT2D eigenvalue weighted by Crippen LogP contribution is -2.09. The van der Waals surface area contributed by atoms with Crippen LogP contribution in [0.1, 0.15) is 41.4 Å². The molecule has 0 aromatic carbocycles. The first-order valence-electron chi connectivity index (χ1n) is 4.92. The first-order valence-corrected chi connectivity index (χ1v) is 4.92. The van der Waals surface area contributed by atoms with Crippen LogP contribution in [0.4, 0.5) is 0 Å². The lowest BCUT2D eigenvalue weighted by atomic mass is 10.0. The molecule has 1 aromatic rings. The number of aromatic carboxylic acids is 1. The van der Waals surface area contributed by atoms with Crippen LogP contribution >= 0.6 is 0 Å². The third-order valence-electron chi connectivity index (χ3n) is 2.70. The molecule has 1 saturated heterocycles. The average molecular weight is 211 g/mol. The fraction of sp³-hybridized carbons (Fsp3) is 0.600. The number of aromatic nitrogens is 1. The Bertz CT molecular complexity index is 385. The molecule has 2 heterocycles. The van der Waals surface area contributed by atoms with Gasteiger partial charge in [0.25, 0.3) is 0 Å². The molecule has 0 radical (unpaired) electrons. The SMILES string of the molecule is Cc1nc([C@H]2CCO[C@H]2C)oc1C(=O)O. The second kappa shape index (κ2) is 3.66. The highest BCUT2D eigenvalue weighted by molar-refractivity contribution is 5.85. The van der Waals surface area contributed by atoms with E-state index in [1.165, 1.54) is 0 Å². The van der Waals surface area contributed by atoms with E-state index in [0.29, 0.717) is 18.2 Å². The molecule has 5 nitrogen and oxygen atoms in total. The molecule has 5 heteroatoms. The van der Waals surface area contributed by atoms with E-state index >= 15 is 0 Å². The van der Waals surface area contributed by atoms with Crippen molar-refractivity contribution in [1.82, 2.24) is 4.98 Å². The molecule has 1 aromatic heterocycles. The molecule has 1 fully saturated rings. The number of aryl methyl sites for hydroxylation is 1. The van der Waals surface area contributed by atoms with Crippen molar-refractivity contribution in [3.63, 3.8) is 0 Å². The Labute approximate surface area is 87.1 Å². The van der Waals surface area contributed by atoms with Gasteiger partial charge in [-0.25, -0.2) is 9.78 Å². The Morgan fingerprint density at radius 2 is 2.33 bits per heavy atom. The van der Waals surface area contributed by atoms with E-state index in [4.69, 9.17) is 14.3 Å². The minimum Gasteiger partial charge on any atom is -0.475 e. The average Bonchev–Trinajstić information content (AvgIpc) is 2.71.